The molecule has 2 fully saturated rings. The molecule has 2 aromatic rings. The fourth-order valence-corrected chi connectivity index (χ4v) is 4.25. The molecular formula is C22H26BNO4. The van der Waals surface area contributed by atoms with Crippen molar-refractivity contribution in [1.29, 1.82) is 0 Å². The van der Waals surface area contributed by atoms with E-state index in [1.54, 1.807) is 0 Å². The van der Waals surface area contributed by atoms with Crippen LogP contribution in [0.25, 0.3) is 16.9 Å². The summed E-state index contributed by atoms with van der Waals surface area (Å²) in [6.07, 6.45) is 4.90. The summed E-state index contributed by atoms with van der Waals surface area (Å²) in [6.45, 7) is 10.4. The number of benzene rings is 1. The average Bonchev–Trinajstić information content (AvgIpc) is 3.30. The van der Waals surface area contributed by atoms with Crippen molar-refractivity contribution in [3.8, 4) is 11.3 Å². The second kappa shape index (κ2) is 5.82. The fraction of sp³-hybridized carbons (Fsp3) is 0.500. The van der Waals surface area contributed by atoms with Gasteiger partial charge in [-0.15, -0.1) is 0 Å². The highest BCUT2D eigenvalue weighted by Gasteiger charge is 2.52. The highest BCUT2D eigenvalue weighted by Crippen LogP contribution is 2.49. The molecule has 146 valence electrons. The number of hydrogen-bond donors (Lipinski definition) is 1. The van der Waals surface area contributed by atoms with Gasteiger partial charge in [-0.25, -0.2) is 4.98 Å². The van der Waals surface area contributed by atoms with Crippen molar-refractivity contribution in [1.82, 2.24) is 4.98 Å². The lowest BCUT2D eigenvalue weighted by Gasteiger charge is -2.32. The van der Waals surface area contributed by atoms with Crippen LogP contribution in [0, 0.1) is 12.8 Å². The third kappa shape index (κ3) is 2.55. The summed E-state index contributed by atoms with van der Waals surface area (Å²) in [5.74, 6) is 1.13. The maximum atomic E-state index is 10.7. The highest BCUT2D eigenvalue weighted by atomic mass is 16.7. The Morgan fingerprint density at radius 3 is 2.43 bits per heavy atom. The molecule has 2 aliphatic carbocycles. The summed E-state index contributed by atoms with van der Waals surface area (Å²) in [4.78, 5) is 4.27. The van der Waals surface area contributed by atoms with Gasteiger partial charge in [-0.05, 0) is 81.6 Å². The quantitative estimate of drug-likeness (QED) is 0.805. The number of rotatable bonds is 2. The molecule has 1 N–H and O–H groups in total. The van der Waals surface area contributed by atoms with E-state index in [0.29, 0.717) is 17.4 Å². The van der Waals surface area contributed by atoms with Crippen LogP contribution < -0.4 is 5.46 Å². The molecular weight excluding hydrogens is 353 g/mol. The van der Waals surface area contributed by atoms with E-state index < -0.39 is 13.2 Å². The molecule has 1 unspecified atom stereocenters. The smallest absolute Gasteiger partial charge is 0.443 e. The number of allylic oxidation sites excluding steroid dienone is 1. The van der Waals surface area contributed by atoms with Crippen molar-refractivity contribution in [2.75, 3.05) is 0 Å². The number of oxazole rings is 1. The highest BCUT2D eigenvalue weighted by molar-refractivity contribution is 6.62. The molecule has 0 amide bonds. The first-order valence-corrected chi connectivity index (χ1v) is 10.0. The number of aliphatic hydroxyl groups is 1. The molecule has 1 aliphatic heterocycles. The molecule has 2 heterocycles. The maximum absolute atomic E-state index is 10.7. The summed E-state index contributed by atoms with van der Waals surface area (Å²) >= 11 is 0. The molecule has 6 heteroatoms. The summed E-state index contributed by atoms with van der Waals surface area (Å²) in [7, 11) is -0.418. The molecule has 5 rings (SSSR count). The van der Waals surface area contributed by atoms with Gasteiger partial charge in [0.2, 0.25) is 0 Å². The van der Waals surface area contributed by atoms with Gasteiger partial charge < -0.3 is 18.8 Å². The third-order valence-corrected chi connectivity index (χ3v) is 6.78. The summed E-state index contributed by atoms with van der Waals surface area (Å²) in [5.41, 5.74) is 5.25. The molecule has 1 atom stereocenters. The SMILES string of the molecule is Cc1c(B2OC(C)(C)C(C)(C)O2)ccc2c1C(C1CC1)=CC(O)c1ncoc1-2. The van der Waals surface area contributed by atoms with E-state index in [0.717, 1.165) is 35.0 Å². The lowest BCUT2D eigenvalue weighted by molar-refractivity contribution is 0.00578. The van der Waals surface area contributed by atoms with E-state index in [9.17, 15) is 5.11 Å². The van der Waals surface area contributed by atoms with Gasteiger partial charge in [0.05, 0.1) is 11.2 Å². The molecule has 0 bridgehead atoms. The predicted octanol–water partition coefficient (Wildman–Crippen LogP) is 3.79. The van der Waals surface area contributed by atoms with Crippen molar-refractivity contribution in [3.63, 3.8) is 0 Å². The van der Waals surface area contributed by atoms with E-state index >= 15 is 0 Å². The molecule has 3 aliphatic rings. The predicted molar refractivity (Wildman–Crippen MR) is 108 cm³/mol. The third-order valence-electron chi connectivity index (χ3n) is 6.78. The standard InChI is InChI=1S/C22H26BNO4/c1-12-16(23-27-21(2,3)22(4,5)28-23)9-8-14-18(12)15(13-6-7-13)10-17(25)19-20(14)26-11-24-19/h8-11,13,17,25H,6-7H2,1-5H3. The minimum Gasteiger partial charge on any atom is -0.443 e. The molecule has 1 aromatic heterocycles. The van der Waals surface area contributed by atoms with Crippen LogP contribution in [-0.2, 0) is 9.31 Å². The topological polar surface area (TPSA) is 64.7 Å². The zero-order valence-corrected chi connectivity index (χ0v) is 17.1. The maximum Gasteiger partial charge on any atom is 0.495 e. The van der Waals surface area contributed by atoms with Crippen molar-refractivity contribution in [2.45, 2.75) is 64.8 Å². The van der Waals surface area contributed by atoms with Gasteiger partial charge in [0.1, 0.15) is 11.8 Å². The molecule has 0 spiro atoms. The van der Waals surface area contributed by atoms with Crippen LogP contribution in [0.3, 0.4) is 0 Å². The molecule has 1 saturated heterocycles. The number of nitrogens with zero attached hydrogens (tertiary/aromatic N) is 1. The Hall–Kier alpha value is -1.89. The Bertz CT molecular complexity index is 970. The van der Waals surface area contributed by atoms with E-state index in [-0.39, 0.29) is 11.2 Å². The summed E-state index contributed by atoms with van der Waals surface area (Å²) in [5, 5.41) is 10.7. The first-order valence-electron chi connectivity index (χ1n) is 10.0. The van der Waals surface area contributed by atoms with Crippen LogP contribution in [0.15, 0.2) is 29.0 Å². The van der Waals surface area contributed by atoms with Crippen LogP contribution in [-0.4, -0.2) is 28.4 Å². The normalized spacial score (nSPS) is 25.1. The zero-order valence-electron chi connectivity index (χ0n) is 17.1. The molecule has 5 nitrogen and oxygen atoms in total. The largest absolute Gasteiger partial charge is 0.495 e. The van der Waals surface area contributed by atoms with Crippen molar-refractivity contribution < 1.29 is 18.8 Å². The number of aromatic nitrogens is 1. The summed E-state index contributed by atoms with van der Waals surface area (Å²) < 4.78 is 18.3. The Morgan fingerprint density at radius 1 is 1.11 bits per heavy atom. The van der Waals surface area contributed by atoms with Gasteiger partial charge in [-0.2, -0.15) is 0 Å². The Balaban J connectivity index is 1.68. The number of hydrogen-bond acceptors (Lipinski definition) is 5. The van der Waals surface area contributed by atoms with Crippen LogP contribution in [0.4, 0.5) is 0 Å². The molecule has 1 aromatic carbocycles. The van der Waals surface area contributed by atoms with Crippen LogP contribution in [0.5, 0.6) is 0 Å². The second-order valence-corrected chi connectivity index (χ2v) is 9.20. The fourth-order valence-electron chi connectivity index (χ4n) is 4.25. The molecule has 0 radical (unpaired) electrons. The monoisotopic (exact) mass is 379 g/mol. The minimum absolute atomic E-state index is 0.389. The summed E-state index contributed by atoms with van der Waals surface area (Å²) in [6, 6.07) is 4.12. The Labute approximate surface area is 165 Å². The van der Waals surface area contributed by atoms with Gasteiger partial charge in [-0.1, -0.05) is 12.1 Å². The zero-order chi connectivity index (χ0) is 19.8. The number of fused-ring (bicyclic) bond motifs is 3. The van der Waals surface area contributed by atoms with E-state index in [4.69, 9.17) is 13.7 Å². The Kier molecular flexibility index (Phi) is 3.77. The van der Waals surface area contributed by atoms with E-state index in [2.05, 4.69) is 51.7 Å². The van der Waals surface area contributed by atoms with Crippen molar-refractivity contribution in [3.05, 3.63) is 41.4 Å². The van der Waals surface area contributed by atoms with Crippen molar-refractivity contribution in [2.24, 2.45) is 5.92 Å². The average molecular weight is 379 g/mol. The van der Waals surface area contributed by atoms with Gasteiger partial charge >= 0.3 is 7.12 Å². The van der Waals surface area contributed by atoms with Crippen LogP contribution in [0.1, 0.15) is 63.5 Å². The van der Waals surface area contributed by atoms with Crippen LogP contribution >= 0.6 is 0 Å². The Morgan fingerprint density at radius 2 is 1.79 bits per heavy atom. The molecule has 1 saturated carbocycles. The van der Waals surface area contributed by atoms with Crippen LogP contribution in [0.2, 0.25) is 0 Å². The first-order chi connectivity index (χ1) is 13.2. The van der Waals surface area contributed by atoms with Gasteiger partial charge in [0.25, 0.3) is 0 Å². The van der Waals surface area contributed by atoms with Gasteiger partial charge in [0.15, 0.2) is 12.2 Å². The first kappa shape index (κ1) is 18.2. The van der Waals surface area contributed by atoms with Gasteiger partial charge in [-0.3, -0.25) is 0 Å². The molecule has 28 heavy (non-hydrogen) atoms. The number of aliphatic hydroxyl groups excluding tert-OH is 1. The lowest BCUT2D eigenvalue weighted by atomic mass is 9.73. The van der Waals surface area contributed by atoms with Gasteiger partial charge in [0, 0.05) is 5.56 Å². The second-order valence-electron chi connectivity index (χ2n) is 9.20. The minimum atomic E-state index is -0.753. The van der Waals surface area contributed by atoms with Crippen molar-refractivity contribution >= 4 is 18.2 Å². The van der Waals surface area contributed by atoms with E-state index in [1.807, 2.05) is 6.08 Å². The lowest BCUT2D eigenvalue weighted by Crippen LogP contribution is -2.41. The van der Waals surface area contributed by atoms with E-state index in [1.165, 1.54) is 12.0 Å².